The highest BCUT2D eigenvalue weighted by atomic mass is 32.1. The van der Waals surface area contributed by atoms with Crippen LogP contribution in [0, 0.1) is 0 Å². The van der Waals surface area contributed by atoms with E-state index in [-0.39, 0.29) is 11.9 Å². The molecule has 1 fully saturated rings. The number of rotatable bonds is 4. The molecule has 8 heteroatoms. The van der Waals surface area contributed by atoms with E-state index >= 15 is 0 Å². The molecule has 27 heavy (non-hydrogen) atoms. The second-order valence-electron chi connectivity index (χ2n) is 6.67. The summed E-state index contributed by atoms with van der Waals surface area (Å²) in [7, 11) is 0. The zero-order valence-corrected chi connectivity index (χ0v) is 16.3. The number of thiophene rings is 1. The average Bonchev–Trinajstić information content (AvgIpc) is 3.45. The Labute approximate surface area is 164 Å². The Bertz CT molecular complexity index is 1020. The van der Waals surface area contributed by atoms with Gasteiger partial charge in [-0.15, -0.1) is 11.3 Å². The summed E-state index contributed by atoms with van der Waals surface area (Å²) in [6.45, 7) is 4.04. The zero-order valence-electron chi connectivity index (χ0n) is 14.7. The average molecular weight is 399 g/mol. The van der Waals surface area contributed by atoms with Crippen molar-refractivity contribution < 1.29 is 10.0 Å². The Morgan fingerprint density at radius 2 is 1.89 bits per heavy atom. The van der Waals surface area contributed by atoms with Crippen molar-refractivity contribution in [2.75, 3.05) is 31.1 Å². The molecule has 4 aromatic rings. The first-order chi connectivity index (χ1) is 13.3. The first-order valence-electron chi connectivity index (χ1n) is 9.00. The molecule has 0 spiro atoms. The van der Waals surface area contributed by atoms with E-state index in [4.69, 9.17) is 0 Å². The van der Waals surface area contributed by atoms with Crippen LogP contribution in [-0.2, 0) is 0 Å². The van der Waals surface area contributed by atoms with Crippen LogP contribution in [0.25, 0.3) is 4.96 Å². The number of aromatic hydroxyl groups is 1. The molecule has 6 nitrogen and oxygen atoms in total. The van der Waals surface area contributed by atoms with Gasteiger partial charge in [0.1, 0.15) is 11.2 Å². The predicted molar refractivity (Wildman–Crippen MR) is 108 cm³/mol. The van der Waals surface area contributed by atoms with Crippen molar-refractivity contribution in [3.8, 4) is 5.88 Å². The van der Waals surface area contributed by atoms with E-state index < -0.39 is 0 Å². The third kappa shape index (κ3) is 2.99. The van der Waals surface area contributed by atoms with Crippen molar-refractivity contribution in [2.24, 2.45) is 0 Å². The van der Waals surface area contributed by atoms with Gasteiger partial charge in [0, 0.05) is 5.69 Å². The van der Waals surface area contributed by atoms with Gasteiger partial charge >= 0.3 is 0 Å². The molecular weight excluding hydrogens is 378 g/mol. The Balaban J connectivity index is 1.44. The quantitative estimate of drug-likeness (QED) is 0.553. The smallest absolute Gasteiger partial charge is 0.235 e. The number of thiazole rings is 1. The van der Waals surface area contributed by atoms with Crippen LogP contribution in [-0.4, -0.2) is 45.9 Å². The summed E-state index contributed by atoms with van der Waals surface area (Å²) in [4.78, 5) is 11.1. The number of fused-ring (bicyclic) bond motifs is 1. The molecule has 0 bridgehead atoms. The molecule has 0 radical (unpaired) electrons. The number of nitrogens with one attached hydrogen (secondary N) is 1. The Kier molecular flexibility index (Phi) is 4.31. The van der Waals surface area contributed by atoms with Gasteiger partial charge in [-0.3, -0.25) is 0 Å². The second-order valence-corrected chi connectivity index (χ2v) is 8.66. The number of piperazine rings is 1. The molecule has 1 aromatic carbocycles. The fraction of sp³-hybridized carbons (Fsp3) is 0.263. The van der Waals surface area contributed by atoms with Gasteiger partial charge in [0.25, 0.3) is 0 Å². The number of quaternary nitrogens is 1. The summed E-state index contributed by atoms with van der Waals surface area (Å²) in [6, 6.07) is 15.0. The van der Waals surface area contributed by atoms with Crippen LogP contribution < -0.4 is 9.80 Å². The minimum absolute atomic E-state index is 0.122. The van der Waals surface area contributed by atoms with Crippen molar-refractivity contribution in [3.63, 3.8) is 0 Å². The largest absolute Gasteiger partial charge is 0.492 e. The monoisotopic (exact) mass is 398 g/mol. The van der Waals surface area contributed by atoms with Gasteiger partial charge in [0.05, 0.1) is 31.1 Å². The van der Waals surface area contributed by atoms with E-state index in [2.05, 4.69) is 62.8 Å². The first-order valence-corrected chi connectivity index (χ1v) is 10.7. The molecule has 1 aliphatic heterocycles. The van der Waals surface area contributed by atoms with Crippen LogP contribution in [0.1, 0.15) is 15.8 Å². The van der Waals surface area contributed by atoms with Crippen molar-refractivity contribution in [2.45, 2.75) is 6.04 Å². The molecule has 0 aliphatic carbocycles. The molecule has 0 amide bonds. The second kappa shape index (κ2) is 6.95. The van der Waals surface area contributed by atoms with Crippen molar-refractivity contribution in [1.82, 2.24) is 14.6 Å². The summed E-state index contributed by atoms with van der Waals surface area (Å²) in [6.07, 6.45) is 1.49. The van der Waals surface area contributed by atoms with Crippen LogP contribution >= 0.6 is 22.7 Å². The highest BCUT2D eigenvalue weighted by Crippen LogP contribution is 2.36. The lowest BCUT2D eigenvalue weighted by Gasteiger charge is -2.37. The van der Waals surface area contributed by atoms with Gasteiger partial charge in [-0.2, -0.15) is 9.61 Å². The third-order valence-electron chi connectivity index (χ3n) is 5.16. The fourth-order valence-electron chi connectivity index (χ4n) is 3.83. The summed E-state index contributed by atoms with van der Waals surface area (Å²) in [5.41, 5.74) is 1.28. The number of hydrogen-bond acceptors (Lipinski definition) is 6. The van der Waals surface area contributed by atoms with Crippen LogP contribution in [0.5, 0.6) is 5.88 Å². The molecule has 138 valence electrons. The summed E-state index contributed by atoms with van der Waals surface area (Å²) >= 11 is 3.29. The molecular formula is C19H20N5OS2+. The van der Waals surface area contributed by atoms with Crippen molar-refractivity contribution >= 4 is 33.3 Å². The minimum atomic E-state index is 0.122. The summed E-state index contributed by atoms with van der Waals surface area (Å²) in [5.74, 6) is 0.226. The molecule has 5 rings (SSSR count). The highest BCUT2D eigenvalue weighted by molar-refractivity contribution is 7.17. The molecule has 1 atom stereocenters. The number of hydrogen-bond donors (Lipinski definition) is 2. The van der Waals surface area contributed by atoms with E-state index in [1.54, 1.807) is 15.9 Å². The molecule has 3 aromatic heterocycles. The van der Waals surface area contributed by atoms with Gasteiger partial charge < -0.3 is 14.9 Å². The maximum absolute atomic E-state index is 10.8. The lowest BCUT2D eigenvalue weighted by atomic mass is 10.1. The number of benzene rings is 1. The maximum Gasteiger partial charge on any atom is 0.235 e. The number of nitrogens with zero attached hydrogens (tertiary/aromatic N) is 4. The normalized spacial score (nSPS) is 16.8. The predicted octanol–water partition coefficient (Wildman–Crippen LogP) is 2.05. The molecule has 0 saturated carbocycles. The van der Waals surface area contributed by atoms with Crippen LogP contribution in [0.2, 0.25) is 0 Å². The Morgan fingerprint density at radius 1 is 1.07 bits per heavy atom. The van der Waals surface area contributed by atoms with Crippen LogP contribution in [0.15, 0.2) is 54.2 Å². The lowest BCUT2D eigenvalue weighted by molar-refractivity contribution is -0.925. The van der Waals surface area contributed by atoms with Gasteiger partial charge in [-0.05, 0) is 23.6 Å². The maximum atomic E-state index is 10.8. The Morgan fingerprint density at radius 3 is 2.59 bits per heavy atom. The van der Waals surface area contributed by atoms with E-state index in [1.807, 2.05) is 0 Å². The van der Waals surface area contributed by atoms with E-state index in [1.165, 1.54) is 33.1 Å². The van der Waals surface area contributed by atoms with Crippen LogP contribution in [0.3, 0.4) is 0 Å². The summed E-state index contributed by atoms with van der Waals surface area (Å²) < 4.78 is 1.54. The first kappa shape index (κ1) is 16.7. The number of aromatic nitrogens is 3. The minimum Gasteiger partial charge on any atom is -0.492 e. The Hall–Kier alpha value is -2.42. The standard InChI is InChI=1S/C19H19N5OS2/c25-18-17(27-19-20-13-21-24(18)19)16(15-7-4-12-26-15)23-10-8-22(9-11-23)14-5-2-1-3-6-14/h1-7,12-13,16,25H,8-11H2/p+1/t16-/m0/s1. The van der Waals surface area contributed by atoms with E-state index in [9.17, 15) is 5.11 Å². The molecule has 0 unspecified atom stereocenters. The fourth-order valence-corrected chi connectivity index (χ4v) is 5.91. The summed E-state index contributed by atoms with van der Waals surface area (Å²) in [5, 5.41) is 17.0. The number of para-hydroxylation sites is 1. The van der Waals surface area contributed by atoms with E-state index in [0.717, 1.165) is 36.0 Å². The third-order valence-corrected chi connectivity index (χ3v) is 7.20. The zero-order chi connectivity index (χ0) is 18.2. The van der Waals surface area contributed by atoms with Crippen molar-refractivity contribution in [1.29, 1.82) is 0 Å². The SMILES string of the molecule is Oc1c([C@H](c2cccs2)[NH+]2CCN(c3ccccc3)CC2)sc2ncnn12. The van der Waals surface area contributed by atoms with E-state index in [0.29, 0.717) is 0 Å². The molecule has 2 N–H and O–H groups in total. The highest BCUT2D eigenvalue weighted by Gasteiger charge is 2.35. The van der Waals surface area contributed by atoms with Crippen LogP contribution in [0.4, 0.5) is 5.69 Å². The van der Waals surface area contributed by atoms with Gasteiger partial charge in [-0.25, -0.2) is 4.98 Å². The topological polar surface area (TPSA) is 58.1 Å². The van der Waals surface area contributed by atoms with Gasteiger partial charge in [-0.1, -0.05) is 35.6 Å². The number of anilines is 1. The van der Waals surface area contributed by atoms with Crippen molar-refractivity contribution in [3.05, 3.63) is 63.9 Å². The van der Waals surface area contributed by atoms with Gasteiger partial charge in [0.15, 0.2) is 6.04 Å². The molecule has 1 saturated heterocycles. The molecule has 1 aliphatic rings. The molecule has 4 heterocycles. The van der Waals surface area contributed by atoms with Gasteiger partial charge in [0.2, 0.25) is 10.8 Å². The lowest BCUT2D eigenvalue weighted by Crippen LogP contribution is -3.15.